The number of carbonyl (C=O) groups excluding carboxylic acids is 1. The molecule has 0 radical (unpaired) electrons. The number of hydrogen-bond donors (Lipinski definition) is 0. The molecule has 0 saturated heterocycles. The molecule has 4 aromatic rings. The lowest BCUT2D eigenvalue weighted by molar-refractivity contribution is 0.0509. The number of benzene rings is 2. The van der Waals surface area contributed by atoms with Crippen molar-refractivity contribution in [3.05, 3.63) is 97.1 Å². The van der Waals surface area contributed by atoms with Gasteiger partial charge in [0, 0.05) is 32.5 Å². The Hall–Kier alpha value is -3.45. The van der Waals surface area contributed by atoms with E-state index in [1.54, 1.807) is 18.2 Å². The zero-order chi connectivity index (χ0) is 25.8. The van der Waals surface area contributed by atoms with Gasteiger partial charge in [-0.1, -0.05) is 41.0 Å². The number of rotatable bonds is 3. The molecule has 6 nitrogen and oxygen atoms in total. The number of nitrogens with zero attached hydrogens (tertiary/aromatic N) is 2. The molecule has 0 fully saturated rings. The summed E-state index contributed by atoms with van der Waals surface area (Å²) in [5.74, 6) is -0.839. The molecular weight excluding hydrogens is 520 g/mol. The molecule has 2 aromatic carbocycles. The third kappa shape index (κ3) is 4.44. The second-order valence-corrected chi connectivity index (χ2v) is 11.2. The molecular formula is C29H27BrN2O4. The Kier molecular flexibility index (Phi) is 5.99. The smallest absolute Gasteiger partial charge is 0.373 e. The second kappa shape index (κ2) is 8.89. The lowest BCUT2D eigenvalue weighted by atomic mass is 9.76. The van der Waals surface area contributed by atoms with Gasteiger partial charge in [-0.2, -0.15) is 0 Å². The highest BCUT2D eigenvalue weighted by molar-refractivity contribution is 9.10. The number of carbonyl (C=O) groups is 1. The van der Waals surface area contributed by atoms with Crippen LogP contribution in [0.15, 0.2) is 67.4 Å². The first-order chi connectivity index (χ1) is 17.0. The van der Waals surface area contributed by atoms with Crippen molar-refractivity contribution in [3.63, 3.8) is 0 Å². The van der Waals surface area contributed by atoms with Gasteiger partial charge in [0.25, 0.3) is 0 Å². The maximum absolute atomic E-state index is 12.9. The highest BCUT2D eigenvalue weighted by atomic mass is 79.9. The molecule has 1 aliphatic rings. The first-order valence-electron chi connectivity index (χ1n) is 11.8. The van der Waals surface area contributed by atoms with Crippen molar-refractivity contribution < 1.29 is 14.0 Å². The average Bonchev–Trinajstić information content (AvgIpc) is 3.13. The molecule has 1 aliphatic carbocycles. The van der Waals surface area contributed by atoms with Gasteiger partial charge in [-0.3, -0.25) is 0 Å². The van der Waals surface area contributed by atoms with Gasteiger partial charge in [0.1, 0.15) is 11.1 Å². The van der Waals surface area contributed by atoms with Crippen LogP contribution >= 0.6 is 15.9 Å². The van der Waals surface area contributed by atoms with Crippen molar-refractivity contribution >= 4 is 38.6 Å². The molecule has 0 aliphatic heterocycles. The average molecular weight is 547 g/mol. The van der Waals surface area contributed by atoms with E-state index in [1.807, 2.05) is 0 Å². The molecule has 0 spiro atoms. The Labute approximate surface area is 217 Å². The number of halogens is 1. The van der Waals surface area contributed by atoms with E-state index in [0.717, 1.165) is 33.5 Å². The van der Waals surface area contributed by atoms with Gasteiger partial charge < -0.3 is 13.8 Å². The van der Waals surface area contributed by atoms with E-state index in [1.165, 1.54) is 17.2 Å². The first kappa shape index (κ1) is 24.3. The van der Waals surface area contributed by atoms with Crippen molar-refractivity contribution in [1.29, 1.82) is 0 Å². The lowest BCUT2D eigenvalue weighted by Crippen LogP contribution is -2.29. The summed E-state index contributed by atoms with van der Waals surface area (Å²) in [5, 5.41) is 4.90. The molecule has 2 aromatic heterocycles. The predicted molar refractivity (Wildman–Crippen MR) is 144 cm³/mol. The van der Waals surface area contributed by atoms with Gasteiger partial charge in [0.15, 0.2) is 0 Å². The van der Waals surface area contributed by atoms with E-state index in [4.69, 9.17) is 9.25 Å². The molecule has 7 heteroatoms. The Morgan fingerprint density at radius 1 is 1.03 bits per heavy atom. The zero-order valence-electron chi connectivity index (χ0n) is 20.9. The first-order valence-corrected chi connectivity index (χ1v) is 12.6. The number of hydrogen-bond acceptors (Lipinski definition) is 5. The van der Waals surface area contributed by atoms with Crippen LogP contribution in [0.2, 0.25) is 0 Å². The van der Waals surface area contributed by atoms with E-state index in [-0.39, 0.29) is 11.0 Å². The van der Waals surface area contributed by atoms with Crippen molar-refractivity contribution in [2.75, 3.05) is 0 Å². The zero-order valence-corrected chi connectivity index (χ0v) is 22.5. The fraction of sp³-hybridized carbons (Fsp3) is 0.276. The summed E-state index contributed by atoms with van der Waals surface area (Å²) in [7, 11) is 0. The quantitative estimate of drug-likeness (QED) is 0.161. The summed E-state index contributed by atoms with van der Waals surface area (Å²) < 4.78 is 8.38. The molecule has 0 atom stereocenters. The number of aromatic nitrogens is 1. The molecule has 36 heavy (non-hydrogen) atoms. The molecule has 0 saturated carbocycles. The molecule has 2 heterocycles. The Morgan fingerprint density at radius 2 is 1.81 bits per heavy atom. The summed E-state index contributed by atoms with van der Waals surface area (Å²) in [6, 6.07) is 15.2. The minimum atomic E-state index is -0.839. The van der Waals surface area contributed by atoms with Crippen molar-refractivity contribution in [1.82, 2.24) is 4.57 Å². The molecule has 5 rings (SSSR count). The summed E-state index contributed by atoms with van der Waals surface area (Å²) in [6.07, 6.45) is 1.50. The number of fused-ring (bicyclic) bond motifs is 2. The van der Waals surface area contributed by atoms with Crippen LogP contribution in [-0.4, -0.2) is 16.2 Å². The fourth-order valence-electron chi connectivity index (χ4n) is 4.87. The van der Waals surface area contributed by atoms with Crippen LogP contribution < -0.4 is 5.63 Å². The largest absolute Gasteiger partial charge is 0.422 e. The SMILES string of the molecule is Cc1ccc(-n2c(C)cc3c2CC(C)(C)C/C3=N\OC(=O)c2cc3cc(Br)ccc3oc2=O)cc1C. The predicted octanol–water partition coefficient (Wildman–Crippen LogP) is 6.80. The third-order valence-electron chi connectivity index (χ3n) is 6.79. The van der Waals surface area contributed by atoms with Gasteiger partial charge >= 0.3 is 11.6 Å². The maximum atomic E-state index is 12.9. The normalized spacial score (nSPS) is 15.8. The van der Waals surface area contributed by atoms with Gasteiger partial charge in [0.2, 0.25) is 0 Å². The van der Waals surface area contributed by atoms with Crippen LogP contribution in [-0.2, 0) is 11.3 Å². The molecule has 0 N–H and O–H groups in total. The summed E-state index contributed by atoms with van der Waals surface area (Å²) in [4.78, 5) is 30.6. The van der Waals surface area contributed by atoms with E-state index in [2.05, 4.69) is 84.5 Å². The van der Waals surface area contributed by atoms with E-state index in [9.17, 15) is 9.59 Å². The van der Waals surface area contributed by atoms with Crippen molar-refractivity contribution in [2.45, 2.75) is 47.5 Å². The minimum Gasteiger partial charge on any atom is -0.422 e. The summed E-state index contributed by atoms with van der Waals surface area (Å²) >= 11 is 3.39. The van der Waals surface area contributed by atoms with Gasteiger partial charge in [-0.25, -0.2) is 9.59 Å². The number of oxime groups is 1. The topological polar surface area (TPSA) is 73.8 Å². The third-order valence-corrected chi connectivity index (χ3v) is 7.28. The van der Waals surface area contributed by atoms with E-state index in [0.29, 0.717) is 23.1 Å². The molecule has 184 valence electrons. The molecule has 0 amide bonds. The Morgan fingerprint density at radius 3 is 2.56 bits per heavy atom. The van der Waals surface area contributed by atoms with Gasteiger partial charge in [-0.15, -0.1) is 0 Å². The highest BCUT2D eigenvalue weighted by Crippen LogP contribution is 2.38. The Bertz CT molecular complexity index is 1620. The van der Waals surface area contributed by atoms with Crippen molar-refractivity contribution in [3.8, 4) is 5.69 Å². The van der Waals surface area contributed by atoms with Crippen LogP contribution in [0.3, 0.4) is 0 Å². The van der Waals surface area contributed by atoms with E-state index >= 15 is 0 Å². The van der Waals surface area contributed by atoms with Gasteiger partial charge in [-0.05, 0) is 92.6 Å². The molecule has 0 unspecified atom stereocenters. The minimum absolute atomic E-state index is 0.0885. The number of aryl methyl sites for hydroxylation is 3. The van der Waals surface area contributed by atoms with Crippen LogP contribution in [0.5, 0.6) is 0 Å². The fourth-order valence-corrected chi connectivity index (χ4v) is 5.25. The van der Waals surface area contributed by atoms with E-state index < -0.39 is 11.6 Å². The van der Waals surface area contributed by atoms with Crippen LogP contribution in [0.4, 0.5) is 0 Å². The second-order valence-electron chi connectivity index (χ2n) is 10.3. The lowest BCUT2D eigenvalue weighted by Gasteiger charge is -2.31. The monoisotopic (exact) mass is 546 g/mol. The molecule has 0 bridgehead atoms. The maximum Gasteiger partial charge on any atom is 0.373 e. The standard InChI is InChI=1S/C29H27BrN2O4/c1-16-6-8-21(10-17(16)2)32-18(3)11-22-24(14-29(4,5)15-25(22)32)31-36-28(34)23-13-19-12-20(30)7-9-26(19)35-27(23)33/h6-13H,14-15H2,1-5H3/b31-24+. The van der Waals surface area contributed by atoms with Crippen LogP contribution in [0.25, 0.3) is 16.7 Å². The summed E-state index contributed by atoms with van der Waals surface area (Å²) in [6.45, 7) is 10.6. The highest BCUT2D eigenvalue weighted by Gasteiger charge is 2.34. The van der Waals surface area contributed by atoms with Crippen LogP contribution in [0, 0.1) is 26.2 Å². The van der Waals surface area contributed by atoms with Gasteiger partial charge in [0.05, 0.1) is 5.71 Å². The van der Waals surface area contributed by atoms with Crippen LogP contribution in [0.1, 0.15) is 58.7 Å². The van der Waals surface area contributed by atoms with Crippen molar-refractivity contribution in [2.24, 2.45) is 10.6 Å². The summed E-state index contributed by atoms with van der Waals surface area (Å²) in [5.41, 5.74) is 6.82. The Balaban J connectivity index is 1.53.